The second-order valence-electron chi connectivity index (χ2n) is 5.29. The molecule has 2 atom stereocenters. The van der Waals surface area contributed by atoms with Crippen molar-refractivity contribution in [3.8, 4) is 0 Å². The van der Waals surface area contributed by atoms with Crippen LogP contribution in [0.25, 0.3) is 0 Å². The van der Waals surface area contributed by atoms with Crippen molar-refractivity contribution in [2.75, 3.05) is 6.54 Å². The second kappa shape index (κ2) is 4.58. The van der Waals surface area contributed by atoms with Gasteiger partial charge in [0.2, 0.25) is 0 Å². The molecule has 0 aliphatic heterocycles. The van der Waals surface area contributed by atoms with E-state index in [1.165, 1.54) is 25.3 Å². The molecule has 2 unspecified atom stereocenters. The Hall–Kier alpha value is -0.600. The molecule has 92 valence electrons. The summed E-state index contributed by atoms with van der Waals surface area (Å²) in [6.45, 7) is 1.04. The van der Waals surface area contributed by atoms with Crippen LogP contribution < -0.4 is 5.32 Å². The fourth-order valence-corrected chi connectivity index (χ4v) is 2.79. The van der Waals surface area contributed by atoms with Crippen molar-refractivity contribution in [3.63, 3.8) is 0 Å². The summed E-state index contributed by atoms with van der Waals surface area (Å²) in [6, 6.07) is 5.82. The zero-order valence-electron chi connectivity index (χ0n) is 9.76. The van der Waals surface area contributed by atoms with E-state index < -0.39 is 0 Å². The lowest BCUT2D eigenvalue weighted by molar-refractivity contribution is 0.240. The van der Waals surface area contributed by atoms with E-state index >= 15 is 0 Å². The van der Waals surface area contributed by atoms with Gasteiger partial charge >= 0.3 is 0 Å². The van der Waals surface area contributed by atoms with E-state index in [1.807, 2.05) is 6.07 Å². The van der Waals surface area contributed by atoms with Crippen LogP contribution >= 0.6 is 11.6 Å². The van der Waals surface area contributed by atoms with Crippen molar-refractivity contribution in [2.45, 2.75) is 37.6 Å². The van der Waals surface area contributed by atoms with Gasteiger partial charge in [-0.25, -0.2) is 4.39 Å². The van der Waals surface area contributed by atoms with E-state index in [-0.39, 0.29) is 5.82 Å². The number of benzene rings is 1. The first-order chi connectivity index (χ1) is 8.24. The molecule has 0 heterocycles. The SMILES string of the molecule is Fc1cc(Cl)ccc1C1CCC1CNC1CC1. The Bertz CT molecular complexity index is 417. The number of nitrogens with one attached hydrogen (secondary N) is 1. The Morgan fingerprint density at radius 3 is 2.65 bits per heavy atom. The van der Waals surface area contributed by atoms with E-state index in [4.69, 9.17) is 11.6 Å². The zero-order valence-corrected chi connectivity index (χ0v) is 10.5. The molecule has 2 fully saturated rings. The Labute approximate surface area is 106 Å². The molecule has 0 spiro atoms. The van der Waals surface area contributed by atoms with Crippen molar-refractivity contribution < 1.29 is 4.39 Å². The quantitative estimate of drug-likeness (QED) is 0.862. The Morgan fingerprint density at radius 1 is 1.24 bits per heavy atom. The van der Waals surface area contributed by atoms with Gasteiger partial charge in [-0.05, 0) is 61.8 Å². The van der Waals surface area contributed by atoms with E-state index in [0.29, 0.717) is 16.9 Å². The maximum absolute atomic E-state index is 13.8. The van der Waals surface area contributed by atoms with Crippen LogP contribution in [0.3, 0.4) is 0 Å². The fraction of sp³-hybridized carbons (Fsp3) is 0.571. The highest BCUT2D eigenvalue weighted by molar-refractivity contribution is 6.30. The van der Waals surface area contributed by atoms with Crippen molar-refractivity contribution in [1.29, 1.82) is 0 Å². The molecule has 1 nitrogen and oxygen atoms in total. The summed E-state index contributed by atoms with van der Waals surface area (Å²) in [5, 5.41) is 4.03. The van der Waals surface area contributed by atoms with Crippen molar-refractivity contribution in [2.24, 2.45) is 5.92 Å². The van der Waals surface area contributed by atoms with Crippen molar-refractivity contribution >= 4 is 11.6 Å². The van der Waals surface area contributed by atoms with Gasteiger partial charge in [0.15, 0.2) is 0 Å². The lowest BCUT2D eigenvalue weighted by Gasteiger charge is -2.37. The van der Waals surface area contributed by atoms with E-state index in [0.717, 1.165) is 24.6 Å². The van der Waals surface area contributed by atoms with Crippen molar-refractivity contribution in [1.82, 2.24) is 5.32 Å². The molecule has 0 aromatic heterocycles. The van der Waals surface area contributed by atoms with Gasteiger partial charge in [-0.1, -0.05) is 17.7 Å². The lowest BCUT2D eigenvalue weighted by Crippen LogP contribution is -2.35. The van der Waals surface area contributed by atoms with Crippen LogP contribution in [0.4, 0.5) is 4.39 Å². The monoisotopic (exact) mass is 253 g/mol. The predicted octanol–water partition coefficient (Wildman–Crippen LogP) is 3.72. The van der Waals surface area contributed by atoms with Gasteiger partial charge in [0.25, 0.3) is 0 Å². The predicted molar refractivity (Wildman–Crippen MR) is 67.9 cm³/mol. The highest BCUT2D eigenvalue weighted by Crippen LogP contribution is 2.43. The van der Waals surface area contributed by atoms with Crippen LogP contribution in [0.15, 0.2) is 18.2 Å². The molecule has 3 heteroatoms. The smallest absolute Gasteiger partial charge is 0.128 e. The summed E-state index contributed by atoms with van der Waals surface area (Å²) >= 11 is 5.78. The summed E-state index contributed by atoms with van der Waals surface area (Å²) in [7, 11) is 0. The molecule has 3 rings (SSSR count). The summed E-state index contributed by atoms with van der Waals surface area (Å²) in [4.78, 5) is 0. The van der Waals surface area contributed by atoms with Gasteiger partial charge in [0.05, 0.1) is 0 Å². The molecule has 1 N–H and O–H groups in total. The number of hydrogen-bond acceptors (Lipinski definition) is 1. The van der Waals surface area contributed by atoms with Crippen LogP contribution in [0.1, 0.15) is 37.2 Å². The maximum atomic E-state index is 13.8. The van der Waals surface area contributed by atoms with Crippen LogP contribution in [0.2, 0.25) is 5.02 Å². The van der Waals surface area contributed by atoms with E-state index in [1.54, 1.807) is 6.07 Å². The first-order valence-corrected chi connectivity index (χ1v) is 6.80. The molecular weight excluding hydrogens is 237 g/mol. The maximum Gasteiger partial charge on any atom is 0.128 e. The second-order valence-corrected chi connectivity index (χ2v) is 5.73. The summed E-state index contributed by atoms with van der Waals surface area (Å²) in [6.07, 6.45) is 4.95. The number of halogens is 2. The van der Waals surface area contributed by atoms with Crippen molar-refractivity contribution in [3.05, 3.63) is 34.6 Å². The van der Waals surface area contributed by atoms with Gasteiger partial charge in [-0.3, -0.25) is 0 Å². The van der Waals surface area contributed by atoms with Gasteiger partial charge in [-0.2, -0.15) is 0 Å². The average Bonchev–Trinajstić information content (AvgIpc) is 3.04. The summed E-state index contributed by atoms with van der Waals surface area (Å²) < 4.78 is 13.8. The summed E-state index contributed by atoms with van der Waals surface area (Å²) in [5.41, 5.74) is 0.850. The van der Waals surface area contributed by atoms with Gasteiger partial charge in [0, 0.05) is 11.1 Å². The third-order valence-electron chi connectivity index (χ3n) is 4.03. The van der Waals surface area contributed by atoms with Gasteiger partial charge < -0.3 is 5.32 Å². The topological polar surface area (TPSA) is 12.0 Å². The minimum atomic E-state index is -0.140. The molecule has 0 radical (unpaired) electrons. The largest absolute Gasteiger partial charge is 0.314 e. The summed E-state index contributed by atoms with van der Waals surface area (Å²) in [5.74, 6) is 0.850. The highest BCUT2D eigenvalue weighted by Gasteiger charge is 2.34. The first-order valence-electron chi connectivity index (χ1n) is 6.42. The molecule has 0 bridgehead atoms. The minimum absolute atomic E-state index is 0.140. The molecule has 17 heavy (non-hydrogen) atoms. The minimum Gasteiger partial charge on any atom is -0.314 e. The van der Waals surface area contributed by atoms with Gasteiger partial charge in [-0.15, -0.1) is 0 Å². The molecule has 2 aliphatic rings. The lowest BCUT2D eigenvalue weighted by atomic mass is 9.70. The molecule has 0 saturated heterocycles. The molecule has 2 saturated carbocycles. The molecule has 1 aromatic carbocycles. The zero-order chi connectivity index (χ0) is 11.8. The number of rotatable bonds is 4. The highest BCUT2D eigenvalue weighted by atomic mass is 35.5. The third-order valence-corrected chi connectivity index (χ3v) is 4.26. The molecule has 0 amide bonds. The standard InChI is InChI=1S/C14H17ClFN/c15-10-2-6-13(14(16)7-10)12-5-1-9(12)8-17-11-3-4-11/h2,6-7,9,11-12,17H,1,3-5,8H2. The van der Waals surface area contributed by atoms with E-state index in [2.05, 4.69) is 5.32 Å². The Morgan fingerprint density at radius 2 is 2.06 bits per heavy atom. The number of hydrogen-bond donors (Lipinski definition) is 1. The molecule has 1 aromatic rings. The fourth-order valence-electron chi connectivity index (χ4n) is 2.63. The van der Waals surface area contributed by atoms with Crippen LogP contribution in [-0.2, 0) is 0 Å². The Balaban J connectivity index is 1.66. The normalized spacial score (nSPS) is 27.9. The average molecular weight is 254 g/mol. The van der Waals surface area contributed by atoms with E-state index in [9.17, 15) is 4.39 Å². The Kier molecular flexibility index (Phi) is 3.10. The third kappa shape index (κ3) is 2.48. The van der Waals surface area contributed by atoms with Crippen LogP contribution in [-0.4, -0.2) is 12.6 Å². The van der Waals surface area contributed by atoms with Crippen LogP contribution in [0, 0.1) is 11.7 Å². The van der Waals surface area contributed by atoms with Crippen LogP contribution in [0.5, 0.6) is 0 Å². The first kappa shape index (κ1) is 11.5. The van der Waals surface area contributed by atoms with Gasteiger partial charge in [0.1, 0.15) is 5.82 Å². The molecular formula is C14H17ClFN. The molecule has 2 aliphatic carbocycles.